The summed E-state index contributed by atoms with van der Waals surface area (Å²) in [6, 6.07) is 13.0. The molecular weight excluding hydrogens is 346 g/mol. The molecule has 27 heavy (non-hydrogen) atoms. The van der Waals surface area contributed by atoms with E-state index >= 15 is 0 Å². The quantitative estimate of drug-likeness (QED) is 0.487. The smallest absolute Gasteiger partial charge is 0.293 e. The van der Waals surface area contributed by atoms with Crippen LogP contribution in [0.2, 0.25) is 0 Å². The second-order valence-corrected chi connectivity index (χ2v) is 6.40. The first-order valence-corrected chi connectivity index (χ1v) is 8.56. The van der Waals surface area contributed by atoms with Gasteiger partial charge in [-0.2, -0.15) is 0 Å². The maximum atomic E-state index is 12.6. The van der Waals surface area contributed by atoms with Gasteiger partial charge in [0, 0.05) is 29.3 Å². The Morgan fingerprint density at radius 1 is 1.15 bits per heavy atom. The number of carbonyl (C=O) groups is 3. The van der Waals surface area contributed by atoms with Crippen LogP contribution in [-0.4, -0.2) is 40.3 Å². The first-order valence-electron chi connectivity index (χ1n) is 8.56. The highest BCUT2D eigenvalue weighted by Crippen LogP contribution is 2.24. The number of hydrogen-bond donors (Lipinski definition) is 3. The molecule has 7 nitrogen and oxygen atoms in total. The van der Waals surface area contributed by atoms with Gasteiger partial charge in [0.25, 0.3) is 11.7 Å². The number of fused-ring (bicyclic) bond motifs is 1. The van der Waals surface area contributed by atoms with Crippen LogP contribution in [0.3, 0.4) is 0 Å². The molecule has 0 spiro atoms. The second kappa shape index (κ2) is 6.60. The zero-order chi connectivity index (χ0) is 19.0. The highest BCUT2D eigenvalue weighted by atomic mass is 16.3. The van der Waals surface area contributed by atoms with Crippen LogP contribution in [0, 0.1) is 0 Å². The molecule has 1 fully saturated rings. The van der Waals surface area contributed by atoms with Gasteiger partial charge in [0.15, 0.2) is 0 Å². The average Bonchev–Trinajstić information content (AvgIpc) is 3.25. The summed E-state index contributed by atoms with van der Waals surface area (Å²) in [7, 11) is 0. The Kier molecular flexibility index (Phi) is 4.12. The normalized spacial score (nSPS) is 16.7. The minimum absolute atomic E-state index is 0.000955. The molecule has 1 aromatic heterocycles. The average molecular weight is 363 g/mol. The van der Waals surface area contributed by atoms with E-state index in [1.807, 2.05) is 30.3 Å². The molecule has 1 aliphatic rings. The number of nitrogens with one attached hydrogen (secondary N) is 2. The molecule has 2 aromatic carbocycles. The number of aromatic hydroxyl groups is 1. The van der Waals surface area contributed by atoms with Crippen molar-refractivity contribution in [3.8, 4) is 5.75 Å². The van der Waals surface area contributed by atoms with Crippen molar-refractivity contribution in [1.29, 1.82) is 0 Å². The SMILES string of the molecule is O=C(NC1CCN(c2ccccc2)C1=O)C(=O)c1c[nH]c2ccc(O)cc12. The predicted molar refractivity (Wildman–Crippen MR) is 99.6 cm³/mol. The van der Waals surface area contributed by atoms with Gasteiger partial charge in [-0.1, -0.05) is 18.2 Å². The highest BCUT2D eigenvalue weighted by molar-refractivity contribution is 6.45. The number of phenolic OH excluding ortho intramolecular Hbond substituents is 1. The first-order chi connectivity index (χ1) is 13.0. The van der Waals surface area contributed by atoms with Crippen molar-refractivity contribution in [3.63, 3.8) is 0 Å². The van der Waals surface area contributed by atoms with Gasteiger partial charge >= 0.3 is 0 Å². The van der Waals surface area contributed by atoms with Crippen LogP contribution in [0.1, 0.15) is 16.8 Å². The molecule has 1 unspecified atom stereocenters. The number of carbonyl (C=O) groups excluding carboxylic acids is 3. The number of aromatic nitrogens is 1. The zero-order valence-electron chi connectivity index (χ0n) is 14.3. The van der Waals surface area contributed by atoms with Gasteiger partial charge in [0.1, 0.15) is 11.8 Å². The Bertz CT molecular complexity index is 1040. The van der Waals surface area contributed by atoms with E-state index in [0.29, 0.717) is 23.9 Å². The lowest BCUT2D eigenvalue weighted by molar-refractivity contribution is -0.124. The molecule has 0 aliphatic carbocycles. The van der Waals surface area contributed by atoms with Gasteiger partial charge in [-0.3, -0.25) is 14.4 Å². The van der Waals surface area contributed by atoms with Crippen LogP contribution >= 0.6 is 0 Å². The van der Waals surface area contributed by atoms with E-state index in [4.69, 9.17) is 0 Å². The molecule has 0 bridgehead atoms. The molecule has 1 atom stereocenters. The van der Waals surface area contributed by atoms with Gasteiger partial charge in [0.2, 0.25) is 5.91 Å². The summed E-state index contributed by atoms with van der Waals surface area (Å²) in [5, 5.41) is 12.6. The highest BCUT2D eigenvalue weighted by Gasteiger charge is 2.35. The number of anilines is 1. The van der Waals surface area contributed by atoms with Crippen LogP contribution in [0.5, 0.6) is 5.75 Å². The van der Waals surface area contributed by atoms with Crippen molar-refractivity contribution in [2.24, 2.45) is 0 Å². The number of para-hydroxylation sites is 1. The largest absolute Gasteiger partial charge is 0.508 e. The van der Waals surface area contributed by atoms with Crippen molar-refractivity contribution < 1.29 is 19.5 Å². The summed E-state index contributed by atoms with van der Waals surface area (Å²) in [5.74, 6) is -1.83. The Balaban J connectivity index is 1.50. The van der Waals surface area contributed by atoms with Gasteiger partial charge < -0.3 is 20.3 Å². The molecule has 2 amide bonds. The molecule has 1 aliphatic heterocycles. The summed E-state index contributed by atoms with van der Waals surface area (Å²) in [6.07, 6.45) is 1.86. The molecule has 3 aromatic rings. The van der Waals surface area contributed by atoms with Crippen molar-refractivity contribution in [3.05, 3.63) is 60.3 Å². The molecular formula is C20H17N3O4. The maximum Gasteiger partial charge on any atom is 0.293 e. The molecule has 4 rings (SSSR count). The third-order valence-corrected chi connectivity index (χ3v) is 4.69. The molecule has 1 saturated heterocycles. The first kappa shape index (κ1) is 16.8. The number of ketones is 1. The molecule has 2 heterocycles. The molecule has 3 N–H and O–H groups in total. The van der Waals surface area contributed by atoms with Crippen LogP contribution < -0.4 is 10.2 Å². The Morgan fingerprint density at radius 3 is 2.70 bits per heavy atom. The Hall–Kier alpha value is -3.61. The summed E-state index contributed by atoms with van der Waals surface area (Å²) in [6.45, 7) is 0.475. The van der Waals surface area contributed by atoms with Crippen LogP contribution in [0.25, 0.3) is 10.9 Å². The fourth-order valence-corrected chi connectivity index (χ4v) is 3.32. The third-order valence-electron chi connectivity index (χ3n) is 4.69. The van der Waals surface area contributed by atoms with Gasteiger partial charge in [0.05, 0.1) is 5.56 Å². The fourth-order valence-electron chi connectivity index (χ4n) is 3.32. The zero-order valence-corrected chi connectivity index (χ0v) is 14.3. The van der Waals surface area contributed by atoms with Gasteiger partial charge in [-0.05, 0) is 36.8 Å². The minimum atomic E-state index is -0.840. The maximum absolute atomic E-state index is 12.6. The van der Waals surface area contributed by atoms with E-state index in [-0.39, 0.29) is 17.2 Å². The summed E-state index contributed by atoms with van der Waals surface area (Å²) in [4.78, 5) is 42.0. The summed E-state index contributed by atoms with van der Waals surface area (Å²) >= 11 is 0. The topological polar surface area (TPSA) is 103 Å². The Labute approximate surface area is 154 Å². The lowest BCUT2D eigenvalue weighted by Gasteiger charge is -2.17. The van der Waals surface area contributed by atoms with Crippen molar-refractivity contribution >= 4 is 34.2 Å². The van der Waals surface area contributed by atoms with Crippen LogP contribution in [0.15, 0.2) is 54.7 Å². The molecule has 0 saturated carbocycles. The van der Waals surface area contributed by atoms with E-state index in [1.165, 1.54) is 18.3 Å². The fraction of sp³-hybridized carbons (Fsp3) is 0.150. The van der Waals surface area contributed by atoms with Crippen molar-refractivity contribution in [2.75, 3.05) is 11.4 Å². The third kappa shape index (κ3) is 3.03. The number of amides is 2. The summed E-state index contributed by atoms with van der Waals surface area (Å²) in [5.41, 5.74) is 1.55. The lowest BCUT2D eigenvalue weighted by atomic mass is 10.1. The van der Waals surface area contributed by atoms with Crippen LogP contribution in [0.4, 0.5) is 5.69 Å². The monoisotopic (exact) mass is 363 g/mol. The molecule has 7 heteroatoms. The van der Waals surface area contributed by atoms with E-state index in [2.05, 4.69) is 10.3 Å². The Morgan fingerprint density at radius 2 is 1.93 bits per heavy atom. The number of H-pyrrole nitrogens is 1. The van der Waals surface area contributed by atoms with Crippen LogP contribution in [-0.2, 0) is 9.59 Å². The lowest BCUT2D eigenvalue weighted by Crippen LogP contribution is -2.44. The summed E-state index contributed by atoms with van der Waals surface area (Å²) < 4.78 is 0. The van der Waals surface area contributed by atoms with Gasteiger partial charge in [-0.15, -0.1) is 0 Å². The number of benzene rings is 2. The number of phenols is 1. The van der Waals surface area contributed by atoms with E-state index in [1.54, 1.807) is 11.0 Å². The van der Waals surface area contributed by atoms with Crippen molar-refractivity contribution in [2.45, 2.75) is 12.5 Å². The van der Waals surface area contributed by atoms with E-state index < -0.39 is 17.7 Å². The minimum Gasteiger partial charge on any atom is -0.508 e. The standard InChI is InChI=1S/C20H17N3O4/c24-13-6-7-16-14(10-13)15(11-21-16)18(25)19(26)22-17-8-9-23(20(17)27)12-4-2-1-3-5-12/h1-7,10-11,17,21,24H,8-9H2,(H,22,26). The van der Waals surface area contributed by atoms with E-state index in [9.17, 15) is 19.5 Å². The second-order valence-electron chi connectivity index (χ2n) is 6.40. The predicted octanol–water partition coefficient (Wildman–Crippen LogP) is 1.98. The molecule has 0 radical (unpaired) electrons. The number of aromatic amines is 1. The number of Topliss-reactive ketones (excluding diaryl/α,β-unsaturated/α-hetero) is 1. The number of nitrogens with zero attached hydrogens (tertiary/aromatic N) is 1. The van der Waals surface area contributed by atoms with Crippen molar-refractivity contribution in [1.82, 2.24) is 10.3 Å². The van der Waals surface area contributed by atoms with Gasteiger partial charge in [-0.25, -0.2) is 0 Å². The van der Waals surface area contributed by atoms with E-state index in [0.717, 1.165) is 5.69 Å². The number of hydrogen-bond acceptors (Lipinski definition) is 4. The molecule has 136 valence electrons. The number of rotatable bonds is 4.